The Morgan fingerprint density at radius 1 is 1.29 bits per heavy atom. The topological polar surface area (TPSA) is 39.9 Å². The van der Waals surface area contributed by atoms with E-state index in [2.05, 4.69) is 21.5 Å². The average Bonchev–Trinajstić information content (AvgIpc) is 2.91. The number of pyridine rings is 1. The molecule has 0 bridgehead atoms. The van der Waals surface area contributed by atoms with Crippen molar-refractivity contribution < 1.29 is 4.74 Å². The van der Waals surface area contributed by atoms with E-state index in [4.69, 9.17) is 16.3 Å². The molecule has 0 radical (unpaired) electrons. The summed E-state index contributed by atoms with van der Waals surface area (Å²) in [5.41, 5.74) is 3.00. The summed E-state index contributed by atoms with van der Waals surface area (Å²) >= 11 is 6.17. The fourth-order valence-corrected chi connectivity index (χ4v) is 3.36. The highest BCUT2D eigenvalue weighted by Crippen LogP contribution is 2.32. The lowest BCUT2D eigenvalue weighted by Crippen LogP contribution is -2.25. The van der Waals surface area contributed by atoms with Crippen LogP contribution >= 0.6 is 11.6 Å². The highest BCUT2D eigenvalue weighted by molar-refractivity contribution is 6.31. The number of hydrogen-bond acceptors (Lipinski definition) is 3. The first kappa shape index (κ1) is 13.0. The molecule has 0 aliphatic carbocycles. The lowest BCUT2D eigenvalue weighted by Gasteiger charge is -2.28. The first-order valence-corrected chi connectivity index (χ1v) is 7.62. The van der Waals surface area contributed by atoms with E-state index in [1.54, 1.807) is 0 Å². The van der Waals surface area contributed by atoms with Gasteiger partial charge in [-0.1, -0.05) is 11.6 Å². The molecule has 5 heteroatoms. The van der Waals surface area contributed by atoms with E-state index in [-0.39, 0.29) is 6.10 Å². The van der Waals surface area contributed by atoms with Crippen LogP contribution in [0.5, 0.6) is 0 Å². The van der Waals surface area contributed by atoms with Gasteiger partial charge in [-0.15, -0.1) is 0 Å². The molecule has 0 N–H and O–H groups in total. The number of imidazole rings is 1. The third-order valence-corrected chi connectivity index (χ3v) is 4.45. The summed E-state index contributed by atoms with van der Waals surface area (Å²) in [6.45, 7) is 2.93. The molecule has 1 fully saturated rings. The highest BCUT2D eigenvalue weighted by Gasteiger charge is 2.23. The van der Waals surface area contributed by atoms with Gasteiger partial charge in [0, 0.05) is 23.1 Å². The molecule has 0 amide bonds. The second kappa shape index (κ2) is 4.97. The fraction of sp³-hybridized carbons (Fsp3) is 0.375. The molecule has 4 rings (SSSR count). The van der Waals surface area contributed by atoms with Crippen LogP contribution in [0.25, 0.3) is 21.9 Å². The van der Waals surface area contributed by atoms with Crippen LogP contribution < -0.4 is 0 Å². The van der Waals surface area contributed by atoms with Crippen molar-refractivity contribution in [1.82, 2.24) is 14.5 Å². The summed E-state index contributed by atoms with van der Waals surface area (Å²) in [5, 5.41) is 1.79. The van der Waals surface area contributed by atoms with E-state index in [0.717, 1.165) is 46.4 Å². The standard InChI is InChI=1S/C16H16ClN3O/c1-10-6-12(4-5-21-10)20-9-19-15-8-18-14-3-2-11(17)7-13(14)16(15)20/h2-3,7-10,12H,4-6H2,1H3/t10-,12-/m1/s1. The minimum atomic E-state index is 0.290. The van der Waals surface area contributed by atoms with E-state index >= 15 is 0 Å². The predicted molar refractivity (Wildman–Crippen MR) is 83.7 cm³/mol. The maximum atomic E-state index is 6.17. The molecule has 1 aromatic carbocycles. The van der Waals surface area contributed by atoms with Crippen LogP contribution in [0.2, 0.25) is 5.02 Å². The minimum absolute atomic E-state index is 0.290. The highest BCUT2D eigenvalue weighted by atomic mass is 35.5. The number of halogens is 1. The molecule has 0 saturated carbocycles. The number of benzene rings is 1. The van der Waals surface area contributed by atoms with Crippen molar-refractivity contribution in [3.63, 3.8) is 0 Å². The Morgan fingerprint density at radius 2 is 2.19 bits per heavy atom. The number of fused-ring (bicyclic) bond motifs is 3. The van der Waals surface area contributed by atoms with Gasteiger partial charge in [0.15, 0.2) is 0 Å². The van der Waals surface area contributed by atoms with Gasteiger partial charge >= 0.3 is 0 Å². The number of nitrogens with zero attached hydrogens (tertiary/aromatic N) is 3. The summed E-state index contributed by atoms with van der Waals surface area (Å²) < 4.78 is 7.93. The summed E-state index contributed by atoms with van der Waals surface area (Å²) in [6, 6.07) is 6.23. The van der Waals surface area contributed by atoms with E-state index in [1.165, 1.54) is 0 Å². The van der Waals surface area contributed by atoms with Crippen LogP contribution in [-0.2, 0) is 4.74 Å². The molecule has 0 unspecified atom stereocenters. The van der Waals surface area contributed by atoms with Gasteiger partial charge in [0.25, 0.3) is 0 Å². The lowest BCUT2D eigenvalue weighted by atomic mass is 10.0. The zero-order valence-electron chi connectivity index (χ0n) is 11.8. The summed E-state index contributed by atoms with van der Waals surface area (Å²) in [4.78, 5) is 8.98. The van der Waals surface area contributed by atoms with Crippen molar-refractivity contribution in [3.05, 3.63) is 35.7 Å². The van der Waals surface area contributed by atoms with Gasteiger partial charge in [-0.3, -0.25) is 4.98 Å². The molecule has 3 aromatic rings. The smallest absolute Gasteiger partial charge is 0.107 e. The quantitative estimate of drug-likeness (QED) is 0.682. The van der Waals surface area contributed by atoms with Gasteiger partial charge in [-0.25, -0.2) is 4.98 Å². The zero-order valence-corrected chi connectivity index (χ0v) is 12.5. The molecule has 1 aliphatic heterocycles. The summed E-state index contributed by atoms with van der Waals surface area (Å²) in [5.74, 6) is 0. The molecule has 3 heterocycles. The Kier molecular flexibility index (Phi) is 3.08. The van der Waals surface area contributed by atoms with Crippen molar-refractivity contribution in [3.8, 4) is 0 Å². The molecule has 4 nitrogen and oxygen atoms in total. The van der Waals surface area contributed by atoms with Crippen molar-refractivity contribution in [2.75, 3.05) is 6.61 Å². The molecular weight excluding hydrogens is 286 g/mol. The van der Waals surface area contributed by atoms with E-state index in [1.807, 2.05) is 30.7 Å². The number of ether oxygens (including phenoxy) is 1. The van der Waals surface area contributed by atoms with Gasteiger partial charge in [-0.05, 0) is 38.0 Å². The van der Waals surface area contributed by atoms with Gasteiger partial charge in [0.05, 0.1) is 29.7 Å². The van der Waals surface area contributed by atoms with Crippen molar-refractivity contribution in [1.29, 1.82) is 0 Å². The molecule has 2 atom stereocenters. The number of rotatable bonds is 1. The van der Waals surface area contributed by atoms with E-state index in [0.29, 0.717) is 6.04 Å². The first-order valence-electron chi connectivity index (χ1n) is 7.25. The summed E-state index contributed by atoms with van der Waals surface area (Å²) in [6.07, 6.45) is 6.08. The Morgan fingerprint density at radius 3 is 3.05 bits per heavy atom. The largest absolute Gasteiger partial charge is 0.378 e. The maximum Gasteiger partial charge on any atom is 0.107 e. The molecule has 2 aromatic heterocycles. The van der Waals surface area contributed by atoms with E-state index in [9.17, 15) is 0 Å². The second-order valence-electron chi connectivity index (χ2n) is 5.66. The van der Waals surface area contributed by atoms with Crippen LogP contribution in [0.3, 0.4) is 0 Å². The number of hydrogen-bond donors (Lipinski definition) is 0. The van der Waals surface area contributed by atoms with Gasteiger partial charge < -0.3 is 9.30 Å². The maximum absolute atomic E-state index is 6.17. The second-order valence-corrected chi connectivity index (χ2v) is 6.10. The molecule has 0 spiro atoms. The minimum Gasteiger partial charge on any atom is -0.378 e. The molecule has 1 saturated heterocycles. The Bertz CT molecular complexity index is 814. The van der Waals surface area contributed by atoms with Crippen LogP contribution in [0, 0.1) is 0 Å². The molecule has 108 valence electrons. The van der Waals surface area contributed by atoms with Gasteiger partial charge in [0.2, 0.25) is 0 Å². The molecule has 21 heavy (non-hydrogen) atoms. The van der Waals surface area contributed by atoms with Crippen LogP contribution in [-0.4, -0.2) is 27.2 Å². The van der Waals surface area contributed by atoms with Crippen molar-refractivity contribution >= 4 is 33.5 Å². The number of aromatic nitrogens is 3. The predicted octanol–water partition coefficient (Wildman–Crippen LogP) is 3.98. The Labute approximate surface area is 127 Å². The van der Waals surface area contributed by atoms with Crippen molar-refractivity contribution in [2.24, 2.45) is 0 Å². The first-order chi connectivity index (χ1) is 10.2. The van der Waals surface area contributed by atoms with E-state index < -0.39 is 0 Å². The Hall–Kier alpha value is -1.65. The monoisotopic (exact) mass is 301 g/mol. The Balaban J connectivity index is 1.95. The van der Waals surface area contributed by atoms with Crippen LogP contribution in [0.15, 0.2) is 30.7 Å². The molecular formula is C16H16ClN3O. The third-order valence-electron chi connectivity index (χ3n) is 4.21. The fourth-order valence-electron chi connectivity index (χ4n) is 3.19. The third kappa shape index (κ3) is 2.19. The summed E-state index contributed by atoms with van der Waals surface area (Å²) in [7, 11) is 0. The SMILES string of the molecule is C[C@@H]1C[C@H](n2cnc3cnc4ccc(Cl)cc4c32)CCO1. The van der Waals surface area contributed by atoms with Gasteiger partial charge in [0.1, 0.15) is 5.52 Å². The van der Waals surface area contributed by atoms with Crippen molar-refractivity contribution in [2.45, 2.75) is 31.9 Å². The normalized spacial score (nSPS) is 23.0. The molecule has 1 aliphatic rings. The van der Waals surface area contributed by atoms with Gasteiger partial charge in [-0.2, -0.15) is 0 Å². The average molecular weight is 302 g/mol. The van der Waals surface area contributed by atoms with Crippen LogP contribution in [0.1, 0.15) is 25.8 Å². The lowest BCUT2D eigenvalue weighted by molar-refractivity contribution is 0.00674. The van der Waals surface area contributed by atoms with Crippen LogP contribution in [0.4, 0.5) is 0 Å². The zero-order chi connectivity index (χ0) is 14.4.